The van der Waals surface area contributed by atoms with Crippen molar-refractivity contribution in [1.82, 2.24) is 0 Å². The topological polar surface area (TPSA) is 0 Å². The van der Waals surface area contributed by atoms with E-state index < -0.39 is 0 Å². The molecule has 4 atom stereocenters. The molecule has 2 rings (SSSR count). The third-order valence-corrected chi connectivity index (χ3v) is 3.25. The number of fused-ring (bicyclic) bond motifs is 1. The summed E-state index contributed by atoms with van der Waals surface area (Å²) in [6, 6.07) is 0. The first kappa shape index (κ1) is 4.84. The molecule has 2 saturated carbocycles. The molecular formula is C8H14. The van der Waals surface area contributed by atoms with Crippen LogP contribution in [0, 0.1) is 23.7 Å². The van der Waals surface area contributed by atoms with Crippen LogP contribution >= 0.6 is 0 Å². The molecule has 0 amide bonds. The zero-order chi connectivity index (χ0) is 5.72. The van der Waals surface area contributed by atoms with Crippen LogP contribution in [-0.4, -0.2) is 0 Å². The van der Waals surface area contributed by atoms with E-state index in [1.54, 1.807) is 0 Å². The van der Waals surface area contributed by atoms with Gasteiger partial charge in [0.15, 0.2) is 0 Å². The molecule has 2 fully saturated rings. The van der Waals surface area contributed by atoms with Crippen LogP contribution in [0.25, 0.3) is 0 Å². The summed E-state index contributed by atoms with van der Waals surface area (Å²) in [7, 11) is 0. The highest BCUT2D eigenvalue weighted by atomic mass is 14.6. The van der Waals surface area contributed by atoms with E-state index in [0.29, 0.717) is 0 Å². The van der Waals surface area contributed by atoms with E-state index in [4.69, 9.17) is 0 Å². The Bertz CT molecular complexity index is 105. The van der Waals surface area contributed by atoms with E-state index in [1.165, 1.54) is 12.8 Å². The fraction of sp³-hybridized carbons (Fsp3) is 1.00. The maximum atomic E-state index is 2.41. The van der Waals surface area contributed by atoms with Crippen LogP contribution in [0.4, 0.5) is 0 Å². The Morgan fingerprint density at radius 1 is 1.12 bits per heavy atom. The van der Waals surface area contributed by atoms with Gasteiger partial charge in [0.25, 0.3) is 0 Å². The summed E-state index contributed by atoms with van der Waals surface area (Å²) in [5, 5.41) is 0. The highest BCUT2D eigenvalue weighted by Crippen LogP contribution is 2.59. The van der Waals surface area contributed by atoms with Crippen molar-refractivity contribution in [3.05, 3.63) is 0 Å². The fourth-order valence-electron chi connectivity index (χ4n) is 2.62. The minimum absolute atomic E-state index is 1.06. The average molecular weight is 110 g/mol. The zero-order valence-corrected chi connectivity index (χ0v) is 5.72. The van der Waals surface area contributed by atoms with Crippen molar-refractivity contribution in [2.45, 2.75) is 26.7 Å². The SMILES string of the molecule is CC1C2CC[C@@H](C)C12. The van der Waals surface area contributed by atoms with Gasteiger partial charge in [-0.05, 0) is 30.1 Å². The van der Waals surface area contributed by atoms with E-state index >= 15 is 0 Å². The van der Waals surface area contributed by atoms with Gasteiger partial charge in [0.1, 0.15) is 0 Å². The van der Waals surface area contributed by atoms with Crippen LogP contribution in [0.1, 0.15) is 26.7 Å². The molecule has 2 aliphatic rings. The van der Waals surface area contributed by atoms with Crippen molar-refractivity contribution in [1.29, 1.82) is 0 Å². The Morgan fingerprint density at radius 2 is 1.88 bits per heavy atom. The van der Waals surface area contributed by atoms with E-state index in [0.717, 1.165) is 23.7 Å². The Balaban J connectivity index is 2.07. The van der Waals surface area contributed by atoms with Crippen molar-refractivity contribution in [2.24, 2.45) is 23.7 Å². The van der Waals surface area contributed by atoms with Crippen LogP contribution in [0.5, 0.6) is 0 Å². The summed E-state index contributed by atoms with van der Waals surface area (Å²) < 4.78 is 0. The second-order valence-corrected chi connectivity index (χ2v) is 3.65. The maximum Gasteiger partial charge on any atom is -0.0329 e. The normalized spacial score (nSPS) is 60.8. The van der Waals surface area contributed by atoms with Gasteiger partial charge < -0.3 is 0 Å². The molecule has 0 aromatic heterocycles. The lowest BCUT2D eigenvalue weighted by Gasteiger charge is -2.02. The van der Waals surface area contributed by atoms with Crippen molar-refractivity contribution < 1.29 is 0 Å². The highest BCUT2D eigenvalue weighted by Gasteiger charge is 2.52. The van der Waals surface area contributed by atoms with Gasteiger partial charge in [0, 0.05) is 0 Å². The third kappa shape index (κ3) is 0.416. The lowest BCUT2D eigenvalue weighted by atomic mass is 10.0. The van der Waals surface area contributed by atoms with E-state index in [1.807, 2.05) is 0 Å². The molecule has 0 radical (unpaired) electrons. The summed E-state index contributed by atoms with van der Waals surface area (Å²) in [5.41, 5.74) is 0. The van der Waals surface area contributed by atoms with Crippen molar-refractivity contribution >= 4 is 0 Å². The van der Waals surface area contributed by atoms with Crippen LogP contribution in [0.3, 0.4) is 0 Å². The van der Waals surface area contributed by atoms with Crippen molar-refractivity contribution in [2.75, 3.05) is 0 Å². The lowest BCUT2D eigenvalue weighted by Crippen LogP contribution is -1.93. The standard InChI is InChI=1S/C8H14/c1-5-3-4-7-6(2)8(5)7/h5-8H,3-4H2,1-2H3/t5-,6?,7?,8?/m1/s1. The monoisotopic (exact) mass is 110 g/mol. The largest absolute Gasteiger partial charge is 0.0622 e. The minimum atomic E-state index is 1.06. The van der Waals surface area contributed by atoms with Gasteiger partial charge in [-0.25, -0.2) is 0 Å². The minimum Gasteiger partial charge on any atom is -0.0622 e. The molecule has 46 valence electrons. The number of hydrogen-bond donors (Lipinski definition) is 0. The maximum absolute atomic E-state index is 2.41. The molecule has 0 bridgehead atoms. The molecule has 0 N–H and O–H groups in total. The Kier molecular flexibility index (Phi) is 0.778. The molecule has 0 spiro atoms. The average Bonchev–Trinajstić information content (AvgIpc) is 2.13. The smallest absolute Gasteiger partial charge is 0.0329 e. The second-order valence-electron chi connectivity index (χ2n) is 3.65. The summed E-state index contributed by atoms with van der Waals surface area (Å²) in [5.74, 6) is 4.47. The lowest BCUT2D eigenvalue weighted by molar-refractivity contribution is 0.483. The first-order chi connectivity index (χ1) is 3.80. The fourth-order valence-corrected chi connectivity index (χ4v) is 2.62. The highest BCUT2D eigenvalue weighted by molar-refractivity contribution is 5.01. The molecule has 0 heterocycles. The molecular weight excluding hydrogens is 96.1 g/mol. The van der Waals surface area contributed by atoms with Gasteiger partial charge in [-0.3, -0.25) is 0 Å². The Hall–Kier alpha value is 0. The van der Waals surface area contributed by atoms with E-state index in [9.17, 15) is 0 Å². The van der Waals surface area contributed by atoms with Crippen LogP contribution in [0.15, 0.2) is 0 Å². The van der Waals surface area contributed by atoms with Gasteiger partial charge in [-0.15, -0.1) is 0 Å². The molecule has 0 nitrogen and oxygen atoms in total. The zero-order valence-electron chi connectivity index (χ0n) is 5.72. The summed E-state index contributed by atoms with van der Waals surface area (Å²) in [6.07, 6.45) is 3.05. The third-order valence-electron chi connectivity index (χ3n) is 3.25. The quantitative estimate of drug-likeness (QED) is 0.449. The first-order valence-corrected chi connectivity index (χ1v) is 3.80. The van der Waals surface area contributed by atoms with Crippen LogP contribution in [-0.2, 0) is 0 Å². The number of hydrogen-bond acceptors (Lipinski definition) is 0. The van der Waals surface area contributed by atoms with Gasteiger partial charge in [-0.1, -0.05) is 20.3 Å². The van der Waals surface area contributed by atoms with Crippen LogP contribution in [0.2, 0.25) is 0 Å². The molecule has 8 heavy (non-hydrogen) atoms. The van der Waals surface area contributed by atoms with Crippen LogP contribution < -0.4 is 0 Å². The first-order valence-electron chi connectivity index (χ1n) is 3.80. The van der Waals surface area contributed by atoms with Crippen molar-refractivity contribution in [3.63, 3.8) is 0 Å². The van der Waals surface area contributed by atoms with Gasteiger partial charge in [0.05, 0.1) is 0 Å². The van der Waals surface area contributed by atoms with Gasteiger partial charge >= 0.3 is 0 Å². The predicted molar refractivity (Wildman–Crippen MR) is 34.5 cm³/mol. The number of rotatable bonds is 0. The predicted octanol–water partition coefficient (Wildman–Crippen LogP) is 2.30. The molecule has 0 aliphatic heterocycles. The molecule has 0 saturated heterocycles. The van der Waals surface area contributed by atoms with E-state index in [2.05, 4.69) is 13.8 Å². The molecule has 3 unspecified atom stereocenters. The Labute approximate surface area is 51.3 Å². The van der Waals surface area contributed by atoms with Crippen molar-refractivity contribution in [3.8, 4) is 0 Å². The molecule has 0 aromatic carbocycles. The summed E-state index contributed by atoms with van der Waals surface area (Å²) in [6.45, 7) is 4.82. The molecule has 0 aromatic rings. The summed E-state index contributed by atoms with van der Waals surface area (Å²) >= 11 is 0. The molecule has 2 aliphatic carbocycles. The van der Waals surface area contributed by atoms with E-state index in [-0.39, 0.29) is 0 Å². The van der Waals surface area contributed by atoms with Gasteiger partial charge in [-0.2, -0.15) is 0 Å². The second kappa shape index (κ2) is 1.29. The molecule has 0 heteroatoms. The summed E-state index contributed by atoms with van der Waals surface area (Å²) in [4.78, 5) is 0. The van der Waals surface area contributed by atoms with Gasteiger partial charge in [0.2, 0.25) is 0 Å². The Morgan fingerprint density at radius 3 is 2.12 bits per heavy atom.